The summed E-state index contributed by atoms with van der Waals surface area (Å²) in [6.45, 7) is 4.27. The Kier molecular flexibility index (Phi) is 3.59. The van der Waals surface area contributed by atoms with Gasteiger partial charge in [0.1, 0.15) is 6.04 Å². The molecular formula is C13H19N3O3. The lowest BCUT2D eigenvalue weighted by Crippen LogP contribution is -2.49. The number of hydrogen-bond acceptors (Lipinski definition) is 3. The van der Waals surface area contributed by atoms with Crippen LogP contribution in [0.25, 0.3) is 0 Å². The van der Waals surface area contributed by atoms with Crippen molar-refractivity contribution in [1.29, 1.82) is 0 Å². The Balaban J connectivity index is 2.26. The third-order valence-electron chi connectivity index (χ3n) is 3.65. The zero-order valence-electron chi connectivity index (χ0n) is 11.5. The van der Waals surface area contributed by atoms with Crippen LogP contribution in [0.1, 0.15) is 35.8 Å². The zero-order valence-corrected chi connectivity index (χ0v) is 11.5. The fraction of sp³-hybridized carbons (Fsp3) is 0.615. The fourth-order valence-electron chi connectivity index (χ4n) is 2.58. The first-order valence-electron chi connectivity index (χ1n) is 6.44. The number of carbonyl (C=O) groups excluding carboxylic acids is 1. The second-order valence-corrected chi connectivity index (χ2v) is 5.28. The summed E-state index contributed by atoms with van der Waals surface area (Å²) in [7, 11) is 1.75. The number of carboxylic acid groups (broad SMARTS) is 1. The SMILES string of the molecule is Cc1nn(C)cc1C(=O)N1CCC(C)CC1C(=O)O. The second-order valence-electron chi connectivity index (χ2n) is 5.28. The Bertz CT molecular complexity index is 509. The number of carboxylic acids is 1. The van der Waals surface area contributed by atoms with Gasteiger partial charge in [-0.1, -0.05) is 6.92 Å². The zero-order chi connectivity index (χ0) is 14.2. The first-order valence-corrected chi connectivity index (χ1v) is 6.44. The number of aliphatic carboxylic acids is 1. The third-order valence-corrected chi connectivity index (χ3v) is 3.65. The maximum absolute atomic E-state index is 12.5. The molecule has 0 aliphatic carbocycles. The molecule has 1 aliphatic heterocycles. The summed E-state index contributed by atoms with van der Waals surface area (Å²) < 4.78 is 1.57. The van der Waals surface area contributed by atoms with Gasteiger partial charge in [0.25, 0.3) is 5.91 Å². The largest absolute Gasteiger partial charge is 0.480 e. The molecule has 0 bridgehead atoms. The van der Waals surface area contributed by atoms with Gasteiger partial charge in [-0.3, -0.25) is 9.48 Å². The van der Waals surface area contributed by atoms with Crippen LogP contribution in [-0.4, -0.2) is 44.3 Å². The summed E-state index contributed by atoms with van der Waals surface area (Å²) in [4.78, 5) is 25.3. The van der Waals surface area contributed by atoms with E-state index < -0.39 is 12.0 Å². The fourth-order valence-corrected chi connectivity index (χ4v) is 2.58. The summed E-state index contributed by atoms with van der Waals surface area (Å²) in [5.74, 6) is -0.827. The normalized spacial score (nSPS) is 23.4. The third kappa shape index (κ3) is 2.62. The van der Waals surface area contributed by atoms with Gasteiger partial charge >= 0.3 is 5.97 Å². The van der Waals surface area contributed by atoms with Gasteiger partial charge in [0, 0.05) is 19.8 Å². The van der Waals surface area contributed by atoms with Gasteiger partial charge in [-0.15, -0.1) is 0 Å². The van der Waals surface area contributed by atoms with Crippen molar-refractivity contribution in [2.45, 2.75) is 32.7 Å². The van der Waals surface area contributed by atoms with E-state index in [1.165, 1.54) is 4.90 Å². The number of nitrogens with zero attached hydrogens (tertiary/aromatic N) is 3. The number of aryl methyl sites for hydroxylation is 2. The van der Waals surface area contributed by atoms with Crippen molar-refractivity contribution < 1.29 is 14.7 Å². The molecule has 1 N–H and O–H groups in total. The molecule has 1 fully saturated rings. The first-order chi connectivity index (χ1) is 8.90. The van der Waals surface area contributed by atoms with E-state index in [9.17, 15) is 14.7 Å². The van der Waals surface area contributed by atoms with Crippen LogP contribution in [0.2, 0.25) is 0 Å². The summed E-state index contributed by atoms with van der Waals surface area (Å²) in [5, 5.41) is 13.4. The maximum atomic E-state index is 12.5. The molecular weight excluding hydrogens is 246 g/mol. The summed E-state index contributed by atoms with van der Waals surface area (Å²) in [6.07, 6.45) is 3.00. The average Bonchev–Trinajstić information content (AvgIpc) is 2.67. The van der Waals surface area contributed by atoms with E-state index in [2.05, 4.69) is 5.10 Å². The van der Waals surface area contributed by atoms with E-state index in [-0.39, 0.29) is 5.91 Å². The smallest absolute Gasteiger partial charge is 0.326 e. The molecule has 104 valence electrons. The van der Waals surface area contributed by atoms with Gasteiger partial charge < -0.3 is 10.0 Å². The van der Waals surface area contributed by atoms with Gasteiger partial charge in [0.15, 0.2) is 0 Å². The lowest BCUT2D eigenvalue weighted by Gasteiger charge is -2.35. The van der Waals surface area contributed by atoms with Crippen molar-refractivity contribution in [3.63, 3.8) is 0 Å². The van der Waals surface area contributed by atoms with E-state index >= 15 is 0 Å². The molecule has 6 heteroatoms. The average molecular weight is 265 g/mol. The van der Waals surface area contributed by atoms with E-state index in [1.54, 1.807) is 24.9 Å². The first kappa shape index (κ1) is 13.6. The van der Waals surface area contributed by atoms with Crippen molar-refractivity contribution in [2.75, 3.05) is 6.54 Å². The minimum absolute atomic E-state index is 0.232. The Morgan fingerprint density at radius 1 is 1.47 bits per heavy atom. The monoisotopic (exact) mass is 265 g/mol. The highest BCUT2D eigenvalue weighted by Gasteiger charge is 2.35. The molecule has 0 aromatic carbocycles. The molecule has 1 amide bonds. The van der Waals surface area contributed by atoms with Gasteiger partial charge in [-0.25, -0.2) is 4.79 Å². The molecule has 0 saturated carbocycles. The van der Waals surface area contributed by atoms with Gasteiger partial charge in [0.05, 0.1) is 11.3 Å². The number of carbonyl (C=O) groups is 2. The van der Waals surface area contributed by atoms with E-state index in [1.807, 2.05) is 6.92 Å². The lowest BCUT2D eigenvalue weighted by molar-refractivity contribution is -0.144. The molecule has 1 aromatic heterocycles. The summed E-state index contributed by atoms with van der Waals surface area (Å²) in [5.41, 5.74) is 1.12. The summed E-state index contributed by atoms with van der Waals surface area (Å²) >= 11 is 0. The summed E-state index contributed by atoms with van der Waals surface area (Å²) in [6, 6.07) is -0.726. The molecule has 2 atom stereocenters. The molecule has 6 nitrogen and oxygen atoms in total. The minimum Gasteiger partial charge on any atom is -0.480 e. The standard InChI is InChI=1S/C13H19N3O3/c1-8-4-5-16(11(6-8)13(18)19)12(17)10-7-15(3)14-9(10)2/h7-8,11H,4-6H2,1-3H3,(H,18,19). The van der Waals surface area contributed by atoms with Crippen molar-refractivity contribution >= 4 is 11.9 Å². The van der Waals surface area contributed by atoms with Gasteiger partial charge in [-0.05, 0) is 25.7 Å². The number of likely N-dealkylation sites (tertiary alicyclic amines) is 1. The van der Waals surface area contributed by atoms with Crippen LogP contribution >= 0.6 is 0 Å². The quantitative estimate of drug-likeness (QED) is 0.867. The molecule has 19 heavy (non-hydrogen) atoms. The van der Waals surface area contributed by atoms with Gasteiger partial charge in [0.2, 0.25) is 0 Å². The molecule has 1 aliphatic rings. The number of rotatable bonds is 2. The highest BCUT2D eigenvalue weighted by Crippen LogP contribution is 2.25. The molecule has 2 unspecified atom stereocenters. The van der Waals surface area contributed by atoms with E-state index in [4.69, 9.17) is 0 Å². The topological polar surface area (TPSA) is 75.4 Å². The van der Waals surface area contributed by atoms with Crippen LogP contribution in [0, 0.1) is 12.8 Å². The maximum Gasteiger partial charge on any atom is 0.326 e. The van der Waals surface area contributed by atoms with Crippen LogP contribution < -0.4 is 0 Å². The predicted molar refractivity (Wildman–Crippen MR) is 68.8 cm³/mol. The lowest BCUT2D eigenvalue weighted by atomic mass is 9.92. The highest BCUT2D eigenvalue weighted by atomic mass is 16.4. The highest BCUT2D eigenvalue weighted by molar-refractivity contribution is 5.97. The van der Waals surface area contributed by atoms with Crippen LogP contribution in [0.4, 0.5) is 0 Å². The Hall–Kier alpha value is -1.85. The van der Waals surface area contributed by atoms with Crippen LogP contribution in [-0.2, 0) is 11.8 Å². The van der Waals surface area contributed by atoms with Crippen molar-refractivity contribution in [1.82, 2.24) is 14.7 Å². The van der Waals surface area contributed by atoms with E-state index in [0.717, 1.165) is 6.42 Å². The molecule has 1 saturated heterocycles. The van der Waals surface area contributed by atoms with E-state index in [0.29, 0.717) is 30.1 Å². The van der Waals surface area contributed by atoms with Crippen molar-refractivity contribution in [3.05, 3.63) is 17.5 Å². The number of aromatic nitrogens is 2. The molecule has 2 heterocycles. The van der Waals surface area contributed by atoms with Crippen LogP contribution in [0.3, 0.4) is 0 Å². The molecule has 1 aromatic rings. The Morgan fingerprint density at radius 3 is 2.68 bits per heavy atom. The molecule has 0 spiro atoms. The minimum atomic E-state index is -0.929. The van der Waals surface area contributed by atoms with Crippen molar-refractivity contribution in [3.8, 4) is 0 Å². The van der Waals surface area contributed by atoms with Gasteiger partial charge in [-0.2, -0.15) is 5.10 Å². The van der Waals surface area contributed by atoms with Crippen molar-refractivity contribution in [2.24, 2.45) is 13.0 Å². The predicted octanol–water partition coefficient (Wildman–Crippen LogP) is 1.05. The Morgan fingerprint density at radius 2 is 2.16 bits per heavy atom. The molecule has 2 rings (SSSR count). The second kappa shape index (κ2) is 5.03. The molecule has 0 radical (unpaired) electrons. The number of hydrogen-bond donors (Lipinski definition) is 1. The van der Waals surface area contributed by atoms with Crippen LogP contribution in [0.5, 0.6) is 0 Å². The number of amides is 1. The number of piperidine rings is 1. The Labute approximate surface area is 112 Å². The van der Waals surface area contributed by atoms with Crippen LogP contribution in [0.15, 0.2) is 6.20 Å².